The summed E-state index contributed by atoms with van der Waals surface area (Å²) < 4.78 is 0.616. The number of quaternary nitrogens is 1. The molecule has 0 aliphatic carbocycles. The van der Waals surface area contributed by atoms with Gasteiger partial charge in [0.25, 0.3) is 0 Å². The Morgan fingerprint density at radius 3 is 1.57 bits per heavy atom. The standard InChI is InChI=1S/C44H48N2O3.C2H5.2Zn/c1-33-29-34(31-45-27-15-25-40(45)43(48,36-17-7-3-8-18-36)37-19-9-4-10-20-37)42(47)35(30-33)32-46(2)28-16-26-41(46)44(49,38-21-11-5-12-22-38)39-23-13-6-14-24-39;1-2;;/h3-14,17-24,29-30,40-41,48-49H,15-16,25-28,31-32H2,1-2H3;1H2,2H3;;/q;-1;;/p+1. The third-order valence-corrected chi connectivity index (χ3v) is 11.4. The number of aromatic hydroxyl groups is 1. The van der Waals surface area contributed by atoms with Gasteiger partial charge in [0.15, 0.2) is 5.60 Å². The summed E-state index contributed by atoms with van der Waals surface area (Å²) in [7, 11) is 2.24. The SMILES string of the molecule is Cc1cc(CN2CCCC2C(O)(c2ccccc2)c2ccccc2)c(O)c(C[N+]2(C)CCCC2C(O)(c2ccccc2)c2ccccc2)c1.[CH2-]C.[Zn].[Zn]. The summed E-state index contributed by atoms with van der Waals surface area (Å²) in [6.07, 6.45) is 3.70. The van der Waals surface area contributed by atoms with E-state index < -0.39 is 11.2 Å². The molecule has 0 spiro atoms. The third-order valence-electron chi connectivity index (χ3n) is 11.4. The van der Waals surface area contributed by atoms with Crippen LogP contribution in [0.1, 0.15) is 71.6 Å². The van der Waals surface area contributed by atoms with E-state index in [2.05, 4.69) is 37.9 Å². The molecular formula is C46H54N2O3Zn2. The van der Waals surface area contributed by atoms with Gasteiger partial charge in [0.2, 0.25) is 0 Å². The van der Waals surface area contributed by atoms with Crippen LogP contribution in [0.4, 0.5) is 0 Å². The maximum atomic E-state index is 12.8. The first kappa shape index (κ1) is 42.7. The minimum Gasteiger partial charge on any atom is -0.507 e. The molecule has 5 aromatic rings. The number of likely N-dealkylation sites (N-methyl/N-ethyl adjacent to an activating group) is 1. The molecule has 0 bridgehead atoms. The fourth-order valence-corrected chi connectivity index (χ4v) is 9.11. The average Bonchev–Trinajstić information content (AvgIpc) is 3.82. The van der Waals surface area contributed by atoms with E-state index in [0.717, 1.165) is 77.7 Å². The van der Waals surface area contributed by atoms with E-state index in [9.17, 15) is 15.3 Å². The van der Waals surface area contributed by atoms with Crippen molar-refractivity contribution in [1.82, 2.24) is 4.90 Å². The van der Waals surface area contributed by atoms with Crippen molar-refractivity contribution in [2.24, 2.45) is 0 Å². The van der Waals surface area contributed by atoms with Gasteiger partial charge in [-0.3, -0.25) is 4.90 Å². The molecule has 3 unspecified atom stereocenters. The van der Waals surface area contributed by atoms with E-state index in [4.69, 9.17) is 0 Å². The first-order valence-corrected chi connectivity index (χ1v) is 18.5. The predicted molar refractivity (Wildman–Crippen MR) is 207 cm³/mol. The third kappa shape index (κ3) is 8.47. The minimum atomic E-state index is -1.19. The molecule has 0 saturated carbocycles. The molecule has 2 aliphatic heterocycles. The number of rotatable bonds is 10. The average molecular weight is 814 g/mol. The first-order chi connectivity index (χ1) is 24.7. The number of hydrogen-bond donors (Lipinski definition) is 3. The smallest absolute Gasteiger partial charge is 0.166 e. The van der Waals surface area contributed by atoms with Crippen molar-refractivity contribution >= 4 is 0 Å². The predicted octanol–water partition coefficient (Wildman–Crippen LogP) is 8.48. The second kappa shape index (κ2) is 18.5. The molecule has 3 N–H and O–H groups in total. The molecule has 7 heteroatoms. The normalized spacial score (nSPS) is 20.1. The zero-order chi connectivity index (χ0) is 36.1. The Hall–Kier alpha value is -3.01. The molecular weight excluding hydrogens is 759 g/mol. The van der Waals surface area contributed by atoms with Gasteiger partial charge in [-0.2, -0.15) is 6.92 Å². The van der Waals surface area contributed by atoms with E-state index in [1.165, 1.54) is 0 Å². The Labute approximate surface area is 342 Å². The van der Waals surface area contributed by atoms with E-state index in [1.54, 1.807) is 6.92 Å². The van der Waals surface area contributed by atoms with Crippen molar-refractivity contribution in [3.8, 4) is 5.75 Å². The number of nitrogens with zero attached hydrogens (tertiary/aromatic N) is 2. The van der Waals surface area contributed by atoms with Gasteiger partial charge < -0.3 is 26.7 Å². The van der Waals surface area contributed by atoms with Crippen LogP contribution >= 0.6 is 0 Å². The van der Waals surface area contributed by atoms with Gasteiger partial charge in [-0.25, -0.2) is 0 Å². The molecule has 7 rings (SSSR count). The summed E-state index contributed by atoms with van der Waals surface area (Å²) in [5, 5.41) is 37.5. The summed E-state index contributed by atoms with van der Waals surface area (Å²) in [6.45, 7) is 9.99. The molecule has 0 radical (unpaired) electrons. The van der Waals surface area contributed by atoms with Gasteiger partial charge in [0, 0.05) is 75.5 Å². The van der Waals surface area contributed by atoms with Crippen LogP contribution in [-0.2, 0) is 63.2 Å². The van der Waals surface area contributed by atoms with Crippen LogP contribution in [-0.4, -0.2) is 56.9 Å². The van der Waals surface area contributed by atoms with Crippen LogP contribution < -0.4 is 0 Å². The zero-order valence-electron chi connectivity index (χ0n) is 31.9. The molecule has 0 aromatic heterocycles. The molecule has 53 heavy (non-hydrogen) atoms. The molecule has 5 aromatic carbocycles. The van der Waals surface area contributed by atoms with Crippen LogP contribution in [0.25, 0.3) is 0 Å². The van der Waals surface area contributed by atoms with Crippen molar-refractivity contribution in [3.05, 3.63) is 179 Å². The fourth-order valence-electron chi connectivity index (χ4n) is 9.11. The molecule has 5 nitrogen and oxygen atoms in total. The molecule has 3 atom stereocenters. The fraction of sp³-hybridized carbons (Fsp3) is 0.326. The second-order valence-electron chi connectivity index (χ2n) is 14.6. The van der Waals surface area contributed by atoms with Gasteiger partial charge in [-0.15, -0.1) is 0 Å². The van der Waals surface area contributed by atoms with Crippen molar-refractivity contribution in [2.45, 2.75) is 75.9 Å². The Balaban J connectivity index is 0.00000154. The molecule has 2 saturated heterocycles. The van der Waals surface area contributed by atoms with Crippen LogP contribution in [0.15, 0.2) is 133 Å². The van der Waals surface area contributed by atoms with E-state index >= 15 is 0 Å². The van der Waals surface area contributed by atoms with E-state index in [0.29, 0.717) is 23.3 Å². The Morgan fingerprint density at radius 2 is 1.09 bits per heavy atom. The van der Waals surface area contributed by atoms with E-state index in [-0.39, 0.29) is 51.0 Å². The second-order valence-corrected chi connectivity index (χ2v) is 14.6. The minimum absolute atomic E-state index is 0. The Morgan fingerprint density at radius 1 is 0.660 bits per heavy atom. The molecule has 2 heterocycles. The molecule has 2 aliphatic rings. The number of hydrogen-bond acceptors (Lipinski definition) is 4. The zero-order valence-corrected chi connectivity index (χ0v) is 37.8. The van der Waals surface area contributed by atoms with Gasteiger partial charge >= 0.3 is 0 Å². The summed E-state index contributed by atoms with van der Waals surface area (Å²) in [4.78, 5) is 2.36. The number of phenols is 1. The molecule has 0 amide bonds. The van der Waals surface area contributed by atoms with E-state index in [1.807, 2.05) is 121 Å². The van der Waals surface area contributed by atoms with Crippen LogP contribution in [0, 0.1) is 13.8 Å². The number of benzene rings is 5. The largest absolute Gasteiger partial charge is 0.507 e. The van der Waals surface area contributed by atoms with Crippen molar-refractivity contribution in [2.75, 3.05) is 20.1 Å². The van der Waals surface area contributed by atoms with Gasteiger partial charge in [-0.1, -0.05) is 133 Å². The van der Waals surface area contributed by atoms with Gasteiger partial charge in [-0.05, 0) is 54.6 Å². The summed E-state index contributed by atoms with van der Waals surface area (Å²) in [5.41, 5.74) is 4.08. The summed E-state index contributed by atoms with van der Waals surface area (Å²) >= 11 is 0. The number of aryl methyl sites for hydroxylation is 1. The van der Waals surface area contributed by atoms with Crippen LogP contribution in [0.3, 0.4) is 0 Å². The maximum Gasteiger partial charge on any atom is 0.166 e. The topological polar surface area (TPSA) is 63.9 Å². The first-order valence-electron chi connectivity index (χ1n) is 18.5. The Bertz CT molecular complexity index is 1780. The van der Waals surface area contributed by atoms with Crippen LogP contribution in [0.5, 0.6) is 5.75 Å². The molecule has 2 fully saturated rings. The van der Waals surface area contributed by atoms with Crippen molar-refractivity contribution in [3.63, 3.8) is 0 Å². The Kier molecular flexibility index (Phi) is 15.0. The van der Waals surface area contributed by atoms with Crippen molar-refractivity contribution < 1.29 is 58.8 Å². The maximum absolute atomic E-state index is 12.8. The van der Waals surface area contributed by atoms with Gasteiger partial charge in [0.1, 0.15) is 23.9 Å². The van der Waals surface area contributed by atoms with Crippen LogP contribution in [0.2, 0.25) is 0 Å². The number of likely N-dealkylation sites (tertiary alicyclic amines) is 2. The number of phenolic OH excluding ortho intramolecular Hbond substituents is 1. The number of aliphatic hydroxyl groups is 2. The monoisotopic (exact) mass is 810 g/mol. The molecule has 270 valence electrons. The van der Waals surface area contributed by atoms with Crippen molar-refractivity contribution in [1.29, 1.82) is 0 Å². The summed E-state index contributed by atoms with van der Waals surface area (Å²) in [5.74, 6) is 0.326. The quantitative estimate of drug-likeness (QED) is 0.0753. The summed E-state index contributed by atoms with van der Waals surface area (Å²) in [6, 6.07) is 44.2. The van der Waals surface area contributed by atoms with Gasteiger partial charge in [0.05, 0.1) is 13.6 Å².